The minimum Gasteiger partial charge on any atom is -0.493 e. The Morgan fingerprint density at radius 1 is 1.16 bits per heavy atom. The van der Waals surface area contributed by atoms with Crippen LogP contribution in [0.5, 0.6) is 11.5 Å². The van der Waals surface area contributed by atoms with Crippen LogP contribution in [0.25, 0.3) is 0 Å². The van der Waals surface area contributed by atoms with Crippen LogP contribution in [0.15, 0.2) is 42.5 Å². The van der Waals surface area contributed by atoms with E-state index in [0.717, 1.165) is 11.1 Å². The normalized spacial score (nSPS) is 10.3. The summed E-state index contributed by atoms with van der Waals surface area (Å²) in [5.41, 5.74) is 1.78. The summed E-state index contributed by atoms with van der Waals surface area (Å²) in [6.07, 6.45) is 0. The van der Waals surface area contributed by atoms with Gasteiger partial charge in [0.1, 0.15) is 12.4 Å². The standard InChI is InChI=1S/C15H14BrFO2/c1-18-14-7-3-5-12(9-16)15(14)19-10-11-4-2-6-13(17)8-11/h2-8H,9-10H2,1H3. The molecule has 0 aliphatic carbocycles. The Morgan fingerprint density at radius 3 is 2.63 bits per heavy atom. The summed E-state index contributed by atoms with van der Waals surface area (Å²) >= 11 is 3.41. The third-order valence-corrected chi connectivity index (χ3v) is 3.30. The van der Waals surface area contributed by atoms with Crippen molar-refractivity contribution in [2.24, 2.45) is 0 Å². The van der Waals surface area contributed by atoms with Gasteiger partial charge in [-0.25, -0.2) is 4.39 Å². The average Bonchev–Trinajstić information content (AvgIpc) is 2.44. The molecule has 0 unspecified atom stereocenters. The fourth-order valence-corrected chi connectivity index (χ4v) is 2.21. The van der Waals surface area contributed by atoms with E-state index < -0.39 is 0 Å². The molecule has 19 heavy (non-hydrogen) atoms. The van der Waals surface area contributed by atoms with E-state index in [2.05, 4.69) is 15.9 Å². The van der Waals surface area contributed by atoms with Gasteiger partial charge in [0.05, 0.1) is 7.11 Å². The first kappa shape index (κ1) is 13.9. The summed E-state index contributed by atoms with van der Waals surface area (Å²) in [6.45, 7) is 0.304. The summed E-state index contributed by atoms with van der Waals surface area (Å²) in [7, 11) is 1.60. The van der Waals surface area contributed by atoms with Crippen molar-refractivity contribution in [3.05, 3.63) is 59.4 Å². The fourth-order valence-electron chi connectivity index (χ4n) is 1.77. The van der Waals surface area contributed by atoms with E-state index in [4.69, 9.17) is 9.47 Å². The molecule has 0 aromatic heterocycles. The molecule has 0 aliphatic rings. The van der Waals surface area contributed by atoms with E-state index in [9.17, 15) is 4.39 Å². The fraction of sp³-hybridized carbons (Fsp3) is 0.200. The van der Waals surface area contributed by atoms with Gasteiger partial charge in [-0.05, 0) is 23.8 Å². The van der Waals surface area contributed by atoms with Gasteiger partial charge in [0, 0.05) is 10.9 Å². The summed E-state index contributed by atoms with van der Waals surface area (Å²) in [6, 6.07) is 12.1. The predicted molar refractivity (Wildman–Crippen MR) is 76.4 cm³/mol. The second-order valence-electron chi connectivity index (χ2n) is 4.00. The van der Waals surface area contributed by atoms with Crippen LogP contribution in [0, 0.1) is 5.82 Å². The van der Waals surface area contributed by atoms with Crippen molar-refractivity contribution in [1.29, 1.82) is 0 Å². The molecule has 2 nitrogen and oxygen atoms in total. The number of para-hydroxylation sites is 1. The maximum absolute atomic E-state index is 13.1. The van der Waals surface area contributed by atoms with E-state index in [1.807, 2.05) is 24.3 Å². The highest BCUT2D eigenvalue weighted by Crippen LogP contribution is 2.33. The molecule has 0 aliphatic heterocycles. The van der Waals surface area contributed by atoms with Crippen LogP contribution in [-0.2, 0) is 11.9 Å². The molecular formula is C15H14BrFO2. The lowest BCUT2D eigenvalue weighted by atomic mass is 10.2. The zero-order valence-corrected chi connectivity index (χ0v) is 12.1. The first-order valence-corrected chi connectivity index (χ1v) is 6.96. The molecule has 0 N–H and O–H groups in total. The van der Waals surface area contributed by atoms with Gasteiger partial charge in [0.25, 0.3) is 0 Å². The predicted octanol–water partition coefficient (Wildman–Crippen LogP) is 4.31. The minimum absolute atomic E-state index is 0.262. The highest BCUT2D eigenvalue weighted by Gasteiger charge is 2.10. The molecule has 0 atom stereocenters. The van der Waals surface area contributed by atoms with Gasteiger partial charge in [-0.1, -0.05) is 40.2 Å². The molecular weight excluding hydrogens is 311 g/mol. The Labute approximate surface area is 120 Å². The zero-order chi connectivity index (χ0) is 13.7. The number of methoxy groups -OCH3 is 1. The molecule has 0 fully saturated rings. The van der Waals surface area contributed by atoms with Crippen molar-refractivity contribution in [2.75, 3.05) is 7.11 Å². The van der Waals surface area contributed by atoms with Crippen molar-refractivity contribution < 1.29 is 13.9 Å². The van der Waals surface area contributed by atoms with Crippen LogP contribution in [-0.4, -0.2) is 7.11 Å². The number of rotatable bonds is 5. The minimum atomic E-state index is -0.262. The van der Waals surface area contributed by atoms with Gasteiger partial charge in [-0.3, -0.25) is 0 Å². The van der Waals surface area contributed by atoms with E-state index in [-0.39, 0.29) is 5.82 Å². The van der Waals surface area contributed by atoms with Gasteiger partial charge in [-0.15, -0.1) is 0 Å². The second-order valence-corrected chi connectivity index (χ2v) is 4.56. The molecule has 4 heteroatoms. The summed E-state index contributed by atoms with van der Waals surface area (Å²) in [4.78, 5) is 0. The third kappa shape index (κ3) is 3.47. The molecule has 0 spiro atoms. The van der Waals surface area contributed by atoms with Crippen molar-refractivity contribution in [1.82, 2.24) is 0 Å². The molecule has 100 valence electrons. The Kier molecular flexibility index (Phi) is 4.80. The Balaban J connectivity index is 2.19. The van der Waals surface area contributed by atoms with Crippen molar-refractivity contribution in [3.8, 4) is 11.5 Å². The number of ether oxygens (including phenoxy) is 2. The smallest absolute Gasteiger partial charge is 0.165 e. The number of halogens is 2. The number of benzene rings is 2. The number of hydrogen-bond acceptors (Lipinski definition) is 2. The van der Waals surface area contributed by atoms with Crippen molar-refractivity contribution in [3.63, 3.8) is 0 Å². The Morgan fingerprint density at radius 2 is 1.95 bits per heavy atom. The van der Waals surface area contributed by atoms with Gasteiger partial charge >= 0.3 is 0 Å². The molecule has 2 aromatic rings. The van der Waals surface area contributed by atoms with Crippen LogP contribution < -0.4 is 9.47 Å². The highest BCUT2D eigenvalue weighted by molar-refractivity contribution is 9.08. The largest absolute Gasteiger partial charge is 0.493 e. The van der Waals surface area contributed by atoms with Crippen LogP contribution in [0.3, 0.4) is 0 Å². The van der Waals surface area contributed by atoms with E-state index in [1.165, 1.54) is 12.1 Å². The Bertz CT molecular complexity index is 535. The number of alkyl halides is 1. The van der Waals surface area contributed by atoms with Gasteiger partial charge in [0.15, 0.2) is 11.5 Å². The lowest BCUT2D eigenvalue weighted by Gasteiger charge is -2.14. The molecule has 0 heterocycles. The summed E-state index contributed by atoms with van der Waals surface area (Å²) in [5, 5.41) is 0.669. The molecule has 2 rings (SSSR count). The molecule has 0 saturated heterocycles. The monoisotopic (exact) mass is 324 g/mol. The molecule has 0 amide bonds. The first-order valence-electron chi connectivity index (χ1n) is 5.83. The molecule has 0 bridgehead atoms. The van der Waals surface area contributed by atoms with Gasteiger partial charge < -0.3 is 9.47 Å². The highest BCUT2D eigenvalue weighted by atomic mass is 79.9. The third-order valence-electron chi connectivity index (χ3n) is 2.70. The van der Waals surface area contributed by atoms with Crippen LogP contribution in [0.1, 0.15) is 11.1 Å². The maximum atomic E-state index is 13.1. The van der Waals surface area contributed by atoms with Crippen molar-refractivity contribution in [2.45, 2.75) is 11.9 Å². The lowest BCUT2D eigenvalue weighted by Crippen LogP contribution is -2.00. The summed E-state index contributed by atoms with van der Waals surface area (Å²) in [5.74, 6) is 1.10. The Hall–Kier alpha value is -1.55. The van der Waals surface area contributed by atoms with Gasteiger partial charge in [0.2, 0.25) is 0 Å². The number of hydrogen-bond donors (Lipinski definition) is 0. The van der Waals surface area contributed by atoms with E-state index >= 15 is 0 Å². The van der Waals surface area contributed by atoms with E-state index in [1.54, 1.807) is 13.2 Å². The van der Waals surface area contributed by atoms with Crippen LogP contribution >= 0.6 is 15.9 Å². The zero-order valence-electron chi connectivity index (χ0n) is 10.5. The topological polar surface area (TPSA) is 18.5 Å². The van der Waals surface area contributed by atoms with E-state index in [0.29, 0.717) is 23.4 Å². The quantitative estimate of drug-likeness (QED) is 0.763. The van der Waals surface area contributed by atoms with Crippen LogP contribution in [0.2, 0.25) is 0 Å². The molecule has 0 saturated carbocycles. The summed E-state index contributed by atoms with van der Waals surface area (Å²) < 4.78 is 24.1. The van der Waals surface area contributed by atoms with Crippen LogP contribution in [0.4, 0.5) is 4.39 Å². The van der Waals surface area contributed by atoms with Gasteiger partial charge in [-0.2, -0.15) is 0 Å². The SMILES string of the molecule is COc1cccc(CBr)c1OCc1cccc(F)c1. The second kappa shape index (κ2) is 6.57. The molecule has 2 aromatic carbocycles. The first-order chi connectivity index (χ1) is 9.24. The molecule has 0 radical (unpaired) electrons. The lowest BCUT2D eigenvalue weighted by molar-refractivity contribution is 0.282. The van der Waals surface area contributed by atoms with Crippen molar-refractivity contribution >= 4 is 15.9 Å². The maximum Gasteiger partial charge on any atom is 0.165 e. The average molecular weight is 325 g/mol.